The molecule has 10 heteroatoms. The van der Waals surface area contributed by atoms with Gasteiger partial charge in [0.05, 0.1) is 11.3 Å². The van der Waals surface area contributed by atoms with Crippen LogP contribution in [0.25, 0.3) is 11.4 Å². The summed E-state index contributed by atoms with van der Waals surface area (Å²) in [5.41, 5.74) is 5.43. The fourth-order valence-electron chi connectivity index (χ4n) is 2.73. The molecule has 1 aromatic heterocycles. The number of benzene rings is 2. The Kier molecular flexibility index (Phi) is 7.64. The number of hydrogen-bond donors (Lipinski definition) is 2. The summed E-state index contributed by atoms with van der Waals surface area (Å²) in [5, 5.41) is 9.28. The molecular weight excluding hydrogens is 441 g/mol. The summed E-state index contributed by atoms with van der Waals surface area (Å²) in [6, 6.07) is 12.6. The number of aromatic nitrogens is 3. The van der Waals surface area contributed by atoms with Gasteiger partial charge in [-0.05, 0) is 42.3 Å². The maximum Gasteiger partial charge on any atom is 0.269 e. The Morgan fingerprint density at radius 2 is 1.81 bits per heavy atom. The van der Waals surface area contributed by atoms with E-state index < -0.39 is 11.8 Å². The van der Waals surface area contributed by atoms with Gasteiger partial charge in [-0.3, -0.25) is 20.4 Å². The molecule has 2 aromatic carbocycles. The van der Waals surface area contributed by atoms with Gasteiger partial charge in [0.15, 0.2) is 11.0 Å². The van der Waals surface area contributed by atoms with E-state index in [1.54, 1.807) is 47.0 Å². The van der Waals surface area contributed by atoms with E-state index in [0.29, 0.717) is 33.7 Å². The highest BCUT2D eigenvalue weighted by Crippen LogP contribution is 2.26. The monoisotopic (exact) mass is 461 g/mol. The van der Waals surface area contributed by atoms with E-state index >= 15 is 0 Å². The summed E-state index contributed by atoms with van der Waals surface area (Å²) >= 11 is 6.95. The minimum atomic E-state index is -0.458. The highest BCUT2D eigenvalue weighted by molar-refractivity contribution is 7.99. The third-order valence-electron chi connectivity index (χ3n) is 4.13. The zero-order valence-electron chi connectivity index (χ0n) is 16.9. The lowest BCUT2D eigenvalue weighted by Crippen LogP contribution is -2.42. The molecule has 3 aromatic rings. The minimum absolute atomic E-state index is 0.00556. The molecule has 162 valence electrons. The summed E-state index contributed by atoms with van der Waals surface area (Å²) < 4.78 is 16.1. The third kappa shape index (κ3) is 6.05. The molecule has 0 aliphatic carbocycles. The molecule has 0 aliphatic heterocycles. The van der Waals surface area contributed by atoms with Gasteiger partial charge in [-0.15, -0.1) is 10.2 Å². The standard InChI is InChI=1S/C21H21ClFN5O2S/c1-13(2)11-28-19(16-5-3-4-6-17(16)23)25-27-21(28)31-12-18(29)24-26-20(30)14-7-9-15(22)10-8-14/h3-10,13H,11-12H2,1-2H3,(H,24,29)(H,26,30). The molecule has 1 heterocycles. The van der Waals surface area contributed by atoms with E-state index in [4.69, 9.17) is 11.6 Å². The number of rotatable bonds is 7. The molecule has 31 heavy (non-hydrogen) atoms. The number of nitrogens with zero attached hydrogens (tertiary/aromatic N) is 3. The van der Waals surface area contributed by atoms with Crippen LogP contribution in [0.4, 0.5) is 4.39 Å². The van der Waals surface area contributed by atoms with Crippen molar-refractivity contribution in [2.45, 2.75) is 25.5 Å². The molecule has 0 unspecified atom stereocenters. The number of hydrazine groups is 1. The molecule has 0 radical (unpaired) electrons. The lowest BCUT2D eigenvalue weighted by atomic mass is 10.2. The molecule has 3 rings (SSSR count). The maximum absolute atomic E-state index is 14.3. The van der Waals surface area contributed by atoms with E-state index in [0.717, 1.165) is 11.8 Å². The molecule has 0 atom stereocenters. The van der Waals surface area contributed by atoms with Crippen LogP contribution < -0.4 is 10.9 Å². The van der Waals surface area contributed by atoms with E-state index in [1.165, 1.54) is 6.07 Å². The number of thioether (sulfide) groups is 1. The van der Waals surface area contributed by atoms with Gasteiger partial charge in [-0.1, -0.05) is 49.3 Å². The maximum atomic E-state index is 14.3. The van der Waals surface area contributed by atoms with Crippen molar-refractivity contribution in [2.24, 2.45) is 5.92 Å². The van der Waals surface area contributed by atoms with Crippen LogP contribution in [0.5, 0.6) is 0 Å². The predicted molar refractivity (Wildman–Crippen MR) is 118 cm³/mol. The smallest absolute Gasteiger partial charge is 0.269 e. The van der Waals surface area contributed by atoms with Gasteiger partial charge in [0.25, 0.3) is 5.91 Å². The van der Waals surface area contributed by atoms with Gasteiger partial charge in [0.1, 0.15) is 5.82 Å². The third-order valence-corrected chi connectivity index (χ3v) is 5.35. The zero-order chi connectivity index (χ0) is 22.4. The van der Waals surface area contributed by atoms with Crippen molar-refractivity contribution in [3.63, 3.8) is 0 Å². The molecule has 0 saturated heterocycles. The van der Waals surface area contributed by atoms with Crippen molar-refractivity contribution in [1.82, 2.24) is 25.6 Å². The molecular formula is C21H21ClFN5O2S. The van der Waals surface area contributed by atoms with Crippen LogP contribution in [0.2, 0.25) is 5.02 Å². The van der Waals surface area contributed by atoms with Crippen LogP contribution in [0, 0.1) is 11.7 Å². The van der Waals surface area contributed by atoms with Crippen molar-refractivity contribution in [3.05, 3.63) is 64.9 Å². The van der Waals surface area contributed by atoms with Gasteiger partial charge in [-0.25, -0.2) is 4.39 Å². The van der Waals surface area contributed by atoms with Crippen LogP contribution in [-0.2, 0) is 11.3 Å². The first kappa shape index (κ1) is 22.8. The largest absolute Gasteiger partial charge is 0.302 e. The van der Waals surface area contributed by atoms with Gasteiger partial charge in [-0.2, -0.15) is 0 Å². The summed E-state index contributed by atoms with van der Waals surface area (Å²) in [7, 11) is 0. The summed E-state index contributed by atoms with van der Waals surface area (Å²) in [6.07, 6.45) is 0. The highest BCUT2D eigenvalue weighted by atomic mass is 35.5. The summed E-state index contributed by atoms with van der Waals surface area (Å²) in [6.45, 7) is 4.62. The number of carbonyl (C=O) groups is 2. The SMILES string of the molecule is CC(C)Cn1c(SCC(=O)NNC(=O)c2ccc(Cl)cc2)nnc1-c1ccccc1F. The second-order valence-corrected chi connectivity index (χ2v) is 8.47. The Bertz CT molecular complexity index is 1070. The topological polar surface area (TPSA) is 88.9 Å². The lowest BCUT2D eigenvalue weighted by Gasteiger charge is -2.13. The Morgan fingerprint density at radius 3 is 2.48 bits per heavy atom. The van der Waals surface area contributed by atoms with Crippen molar-refractivity contribution in [3.8, 4) is 11.4 Å². The van der Waals surface area contributed by atoms with Gasteiger partial charge >= 0.3 is 0 Å². The normalized spacial score (nSPS) is 10.9. The quantitative estimate of drug-likeness (QED) is 0.411. The Morgan fingerprint density at radius 1 is 1.10 bits per heavy atom. The molecule has 0 spiro atoms. The van der Waals surface area contributed by atoms with Crippen LogP contribution in [0.15, 0.2) is 53.7 Å². The van der Waals surface area contributed by atoms with E-state index in [9.17, 15) is 14.0 Å². The van der Waals surface area contributed by atoms with Crippen molar-refractivity contribution in [2.75, 3.05) is 5.75 Å². The van der Waals surface area contributed by atoms with E-state index in [-0.39, 0.29) is 17.5 Å². The molecule has 0 aliphatic rings. The van der Waals surface area contributed by atoms with Crippen molar-refractivity contribution in [1.29, 1.82) is 0 Å². The summed E-state index contributed by atoms with van der Waals surface area (Å²) in [5.74, 6) is -0.606. The van der Waals surface area contributed by atoms with Gasteiger partial charge < -0.3 is 4.57 Å². The molecule has 2 amide bonds. The molecule has 0 saturated carbocycles. The average Bonchev–Trinajstić information content (AvgIpc) is 3.13. The number of amides is 2. The molecule has 0 bridgehead atoms. The van der Waals surface area contributed by atoms with Crippen molar-refractivity contribution < 1.29 is 14.0 Å². The molecule has 2 N–H and O–H groups in total. The number of nitrogens with one attached hydrogen (secondary N) is 2. The van der Waals surface area contributed by atoms with Crippen molar-refractivity contribution >= 4 is 35.2 Å². The average molecular weight is 462 g/mol. The van der Waals surface area contributed by atoms with Crippen LogP contribution in [-0.4, -0.2) is 32.3 Å². The van der Waals surface area contributed by atoms with Gasteiger partial charge in [0, 0.05) is 17.1 Å². The first-order valence-corrected chi connectivity index (χ1v) is 10.9. The number of hydrogen-bond acceptors (Lipinski definition) is 5. The van der Waals surface area contributed by atoms with E-state index in [1.807, 2.05) is 13.8 Å². The molecule has 0 fully saturated rings. The van der Waals surface area contributed by atoms with Crippen LogP contribution >= 0.6 is 23.4 Å². The van der Waals surface area contributed by atoms with Gasteiger partial charge in [0.2, 0.25) is 5.91 Å². The van der Waals surface area contributed by atoms with Crippen LogP contribution in [0.1, 0.15) is 24.2 Å². The second kappa shape index (κ2) is 10.4. The Labute approximate surface area is 188 Å². The zero-order valence-corrected chi connectivity index (χ0v) is 18.5. The minimum Gasteiger partial charge on any atom is -0.302 e. The predicted octanol–water partition coefficient (Wildman–Crippen LogP) is 3.95. The number of halogens is 2. The number of carbonyl (C=O) groups excluding carboxylic acids is 2. The first-order chi connectivity index (χ1) is 14.8. The Balaban J connectivity index is 1.64. The Hall–Kier alpha value is -2.91. The fraction of sp³-hybridized carbons (Fsp3) is 0.238. The van der Waals surface area contributed by atoms with E-state index in [2.05, 4.69) is 21.0 Å². The van der Waals surface area contributed by atoms with Crippen LogP contribution in [0.3, 0.4) is 0 Å². The molecule has 7 nitrogen and oxygen atoms in total. The highest BCUT2D eigenvalue weighted by Gasteiger charge is 2.19. The fourth-order valence-corrected chi connectivity index (χ4v) is 3.61. The first-order valence-electron chi connectivity index (χ1n) is 9.50. The lowest BCUT2D eigenvalue weighted by molar-refractivity contribution is -0.119. The second-order valence-electron chi connectivity index (χ2n) is 7.09. The summed E-state index contributed by atoms with van der Waals surface area (Å²) in [4.78, 5) is 24.2.